The van der Waals surface area contributed by atoms with Crippen molar-refractivity contribution in [1.82, 2.24) is 15.1 Å². The van der Waals surface area contributed by atoms with Gasteiger partial charge in [-0.15, -0.1) is 0 Å². The molecule has 0 aliphatic rings. The molecule has 0 bridgehead atoms. The SMILES string of the molecule is Cc1ccc(OCc2ccc(C(=O)NCCCn3cccn3)o2)c(C)c1. The zero-order valence-corrected chi connectivity index (χ0v) is 15.1. The number of amides is 1. The summed E-state index contributed by atoms with van der Waals surface area (Å²) in [5, 5.41) is 6.97. The van der Waals surface area contributed by atoms with Gasteiger partial charge in [-0.2, -0.15) is 5.10 Å². The number of nitrogens with zero attached hydrogens (tertiary/aromatic N) is 2. The van der Waals surface area contributed by atoms with Crippen LogP contribution < -0.4 is 10.1 Å². The van der Waals surface area contributed by atoms with Crippen LogP contribution in [-0.4, -0.2) is 22.2 Å². The molecule has 0 atom stereocenters. The second-order valence-electron chi connectivity index (χ2n) is 6.20. The van der Waals surface area contributed by atoms with E-state index < -0.39 is 0 Å². The lowest BCUT2D eigenvalue weighted by atomic mass is 10.1. The summed E-state index contributed by atoms with van der Waals surface area (Å²) in [6.45, 7) is 5.67. The van der Waals surface area contributed by atoms with E-state index in [1.165, 1.54) is 5.56 Å². The summed E-state index contributed by atoms with van der Waals surface area (Å²) < 4.78 is 13.2. The summed E-state index contributed by atoms with van der Waals surface area (Å²) in [7, 11) is 0. The topological polar surface area (TPSA) is 69.3 Å². The molecule has 6 nitrogen and oxygen atoms in total. The van der Waals surface area contributed by atoms with Crippen LogP contribution in [-0.2, 0) is 13.2 Å². The molecule has 0 fully saturated rings. The van der Waals surface area contributed by atoms with E-state index in [1.807, 2.05) is 42.9 Å². The Balaban J connectivity index is 1.45. The number of hydrogen-bond donors (Lipinski definition) is 1. The predicted octanol–water partition coefficient (Wildman–Crippen LogP) is 3.49. The molecule has 0 spiro atoms. The number of nitrogens with one attached hydrogen (secondary N) is 1. The minimum absolute atomic E-state index is 0.219. The lowest BCUT2D eigenvalue weighted by Crippen LogP contribution is -2.24. The van der Waals surface area contributed by atoms with E-state index in [4.69, 9.17) is 9.15 Å². The van der Waals surface area contributed by atoms with Gasteiger partial charge in [0.05, 0.1) is 0 Å². The van der Waals surface area contributed by atoms with Gasteiger partial charge in [0.15, 0.2) is 5.76 Å². The molecule has 26 heavy (non-hydrogen) atoms. The molecule has 0 radical (unpaired) electrons. The van der Waals surface area contributed by atoms with Crippen LogP contribution >= 0.6 is 0 Å². The Morgan fingerprint density at radius 1 is 1.27 bits per heavy atom. The zero-order chi connectivity index (χ0) is 18.4. The van der Waals surface area contributed by atoms with Gasteiger partial charge in [0.25, 0.3) is 5.91 Å². The molecule has 2 aromatic heterocycles. The number of rotatable bonds is 8. The van der Waals surface area contributed by atoms with Crippen LogP contribution in [0.2, 0.25) is 0 Å². The fourth-order valence-electron chi connectivity index (χ4n) is 2.65. The summed E-state index contributed by atoms with van der Waals surface area (Å²) >= 11 is 0. The molecule has 0 saturated heterocycles. The van der Waals surface area contributed by atoms with Crippen molar-refractivity contribution in [2.24, 2.45) is 0 Å². The van der Waals surface area contributed by atoms with Crippen molar-refractivity contribution >= 4 is 5.91 Å². The number of furan rings is 1. The number of benzene rings is 1. The Labute approximate surface area is 152 Å². The summed E-state index contributed by atoms with van der Waals surface area (Å²) in [4.78, 5) is 12.1. The van der Waals surface area contributed by atoms with Crippen molar-refractivity contribution in [1.29, 1.82) is 0 Å². The average molecular weight is 353 g/mol. The highest BCUT2D eigenvalue weighted by Crippen LogP contribution is 2.20. The first-order valence-electron chi connectivity index (χ1n) is 8.66. The molecule has 3 aromatic rings. The maximum atomic E-state index is 12.1. The number of carbonyl (C=O) groups excluding carboxylic acids is 1. The molecular weight excluding hydrogens is 330 g/mol. The van der Waals surface area contributed by atoms with E-state index in [0.717, 1.165) is 24.3 Å². The minimum atomic E-state index is -0.219. The second kappa shape index (κ2) is 8.38. The maximum Gasteiger partial charge on any atom is 0.286 e. The molecule has 1 N–H and O–H groups in total. The molecule has 0 saturated carbocycles. The van der Waals surface area contributed by atoms with Crippen molar-refractivity contribution < 1.29 is 13.9 Å². The van der Waals surface area contributed by atoms with Gasteiger partial charge in [0.2, 0.25) is 0 Å². The zero-order valence-electron chi connectivity index (χ0n) is 15.1. The molecule has 136 valence electrons. The molecule has 6 heteroatoms. The number of aryl methyl sites for hydroxylation is 3. The van der Waals surface area contributed by atoms with Gasteiger partial charge in [-0.25, -0.2) is 0 Å². The van der Waals surface area contributed by atoms with Crippen molar-refractivity contribution in [2.75, 3.05) is 6.54 Å². The van der Waals surface area contributed by atoms with Gasteiger partial charge in [-0.05, 0) is 50.1 Å². The van der Waals surface area contributed by atoms with Gasteiger partial charge in [-0.1, -0.05) is 17.7 Å². The largest absolute Gasteiger partial charge is 0.485 e. The fraction of sp³-hybridized carbons (Fsp3) is 0.300. The number of hydrogen-bond acceptors (Lipinski definition) is 4. The standard InChI is InChI=1S/C20H23N3O3/c1-15-5-7-18(16(2)13-15)25-14-17-6-8-19(26-17)20(24)21-9-3-11-23-12-4-10-22-23/h4-8,10,12-13H,3,9,11,14H2,1-2H3,(H,21,24). The number of ether oxygens (including phenoxy) is 1. The number of aromatic nitrogens is 2. The van der Waals surface area contributed by atoms with Crippen LogP contribution in [0.5, 0.6) is 5.75 Å². The first kappa shape index (κ1) is 17.8. The summed E-state index contributed by atoms with van der Waals surface area (Å²) in [6.07, 6.45) is 4.44. The van der Waals surface area contributed by atoms with Crippen molar-refractivity contribution in [2.45, 2.75) is 33.4 Å². The third-order valence-electron chi connectivity index (χ3n) is 3.99. The Hall–Kier alpha value is -3.02. The Morgan fingerprint density at radius 3 is 2.92 bits per heavy atom. The van der Waals surface area contributed by atoms with Gasteiger partial charge in [0, 0.05) is 25.5 Å². The van der Waals surface area contributed by atoms with E-state index >= 15 is 0 Å². The molecule has 3 rings (SSSR count). The third-order valence-corrected chi connectivity index (χ3v) is 3.99. The van der Waals surface area contributed by atoms with Gasteiger partial charge in [0.1, 0.15) is 18.1 Å². The Morgan fingerprint density at radius 2 is 2.15 bits per heavy atom. The molecule has 1 aromatic carbocycles. The van der Waals surface area contributed by atoms with Gasteiger partial charge < -0.3 is 14.5 Å². The van der Waals surface area contributed by atoms with E-state index in [2.05, 4.69) is 16.5 Å². The average Bonchev–Trinajstić information content (AvgIpc) is 3.29. The first-order valence-corrected chi connectivity index (χ1v) is 8.66. The Bertz CT molecular complexity index is 853. The van der Waals surface area contributed by atoms with Crippen molar-refractivity contribution in [3.05, 3.63) is 71.4 Å². The normalized spacial score (nSPS) is 10.7. The fourth-order valence-corrected chi connectivity index (χ4v) is 2.65. The summed E-state index contributed by atoms with van der Waals surface area (Å²) in [5.41, 5.74) is 2.27. The van der Waals surface area contributed by atoms with E-state index in [-0.39, 0.29) is 12.5 Å². The van der Waals surface area contributed by atoms with Crippen LogP contribution in [0.1, 0.15) is 33.9 Å². The molecule has 0 unspecified atom stereocenters. The molecule has 0 aliphatic heterocycles. The highest BCUT2D eigenvalue weighted by molar-refractivity contribution is 5.91. The smallest absolute Gasteiger partial charge is 0.286 e. The van der Waals surface area contributed by atoms with E-state index in [1.54, 1.807) is 18.3 Å². The molecule has 1 amide bonds. The third kappa shape index (κ3) is 4.75. The monoisotopic (exact) mass is 353 g/mol. The summed E-state index contributed by atoms with van der Waals surface area (Å²) in [5.74, 6) is 1.51. The second-order valence-corrected chi connectivity index (χ2v) is 6.20. The lowest BCUT2D eigenvalue weighted by molar-refractivity contribution is 0.0920. The predicted molar refractivity (Wildman–Crippen MR) is 98.1 cm³/mol. The maximum absolute atomic E-state index is 12.1. The quantitative estimate of drug-likeness (QED) is 0.629. The van der Waals surface area contributed by atoms with Crippen LogP contribution in [0.3, 0.4) is 0 Å². The number of carbonyl (C=O) groups is 1. The van der Waals surface area contributed by atoms with Crippen molar-refractivity contribution in [3.8, 4) is 5.75 Å². The van der Waals surface area contributed by atoms with Crippen LogP contribution in [0.4, 0.5) is 0 Å². The lowest BCUT2D eigenvalue weighted by Gasteiger charge is -2.08. The highest BCUT2D eigenvalue weighted by Gasteiger charge is 2.11. The van der Waals surface area contributed by atoms with Crippen LogP contribution in [0.25, 0.3) is 0 Å². The highest BCUT2D eigenvalue weighted by atomic mass is 16.5. The van der Waals surface area contributed by atoms with E-state index in [0.29, 0.717) is 18.1 Å². The molecular formula is C20H23N3O3. The van der Waals surface area contributed by atoms with Gasteiger partial charge in [-0.3, -0.25) is 9.48 Å². The van der Waals surface area contributed by atoms with E-state index in [9.17, 15) is 4.79 Å². The van der Waals surface area contributed by atoms with Crippen LogP contribution in [0, 0.1) is 13.8 Å². The van der Waals surface area contributed by atoms with Crippen LogP contribution in [0.15, 0.2) is 53.2 Å². The molecule has 2 heterocycles. The minimum Gasteiger partial charge on any atom is -0.485 e. The molecule has 0 aliphatic carbocycles. The summed E-state index contributed by atoms with van der Waals surface area (Å²) in [6, 6.07) is 11.3. The van der Waals surface area contributed by atoms with Crippen molar-refractivity contribution in [3.63, 3.8) is 0 Å². The Kier molecular flexibility index (Phi) is 5.73. The van der Waals surface area contributed by atoms with Gasteiger partial charge >= 0.3 is 0 Å². The first-order chi connectivity index (χ1) is 12.6.